The first-order chi connectivity index (χ1) is 11.6. The lowest BCUT2D eigenvalue weighted by Crippen LogP contribution is -2.49. The minimum atomic E-state index is -0.917. The summed E-state index contributed by atoms with van der Waals surface area (Å²) in [7, 11) is 0. The van der Waals surface area contributed by atoms with Gasteiger partial charge >= 0.3 is 5.97 Å². The summed E-state index contributed by atoms with van der Waals surface area (Å²) in [6.45, 7) is 3.23. The molecule has 2 aromatic carbocycles. The molecule has 1 aliphatic heterocycles. The van der Waals surface area contributed by atoms with E-state index in [4.69, 9.17) is 0 Å². The average molecular weight is 325 g/mol. The topological polar surface area (TPSA) is 57.6 Å². The summed E-state index contributed by atoms with van der Waals surface area (Å²) in [4.78, 5) is 26.7. The van der Waals surface area contributed by atoms with Crippen molar-refractivity contribution in [3.8, 4) is 0 Å². The zero-order valence-electron chi connectivity index (χ0n) is 13.9. The molecule has 0 aliphatic carbocycles. The third kappa shape index (κ3) is 3.34. The first-order valence-corrected chi connectivity index (χ1v) is 8.58. The van der Waals surface area contributed by atoms with E-state index in [2.05, 4.69) is 4.90 Å². The van der Waals surface area contributed by atoms with Crippen LogP contribution in [0.2, 0.25) is 0 Å². The maximum atomic E-state index is 13.1. The molecule has 2 atom stereocenters. The number of piperidine rings is 1. The Hall–Kier alpha value is -2.20. The minimum Gasteiger partial charge on any atom is -0.481 e. The summed E-state index contributed by atoms with van der Waals surface area (Å²) in [5.41, 5.74) is 0.595. The van der Waals surface area contributed by atoms with Crippen LogP contribution in [0.15, 0.2) is 42.5 Å². The lowest BCUT2D eigenvalue weighted by Gasteiger charge is -2.35. The Balaban J connectivity index is 1.95. The fourth-order valence-corrected chi connectivity index (χ4v) is 3.55. The van der Waals surface area contributed by atoms with Crippen LogP contribution in [0.1, 0.15) is 36.5 Å². The Labute approximate surface area is 142 Å². The van der Waals surface area contributed by atoms with Crippen LogP contribution in [-0.4, -0.2) is 40.9 Å². The molecule has 0 radical (unpaired) electrons. The Morgan fingerprint density at radius 1 is 1.00 bits per heavy atom. The number of carbonyl (C=O) groups is 2. The number of hydrogen-bond donors (Lipinski definition) is 1. The number of nitrogens with zero attached hydrogens (tertiary/aromatic N) is 1. The molecule has 1 saturated heterocycles. The molecule has 0 amide bonds. The summed E-state index contributed by atoms with van der Waals surface area (Å²) in [5, 5.41) is 11.6. The standard InChI is InChI=1S/C20H23NO3/c1-14(20(23)24)18(21-11-5-2-6-12-21)19(22)17-10-9-15-7-3-4-8-16(15)13-17/h3-4,7-10,13-14,18H,2,5-6,11-12H2,1H3,(H,23,24). The van der Waals surface area contributed by atoms with Gasteiger partial charge in [-0.15, -0.1) is 0 Å². The van der Waals surface area contributed by atoms with Crippen LogP contribution in [-0.2, 0) is 4.79 Å². The molecule has 2 unspecified atom stereocenters. The van der Waals surface area contributed by atoms with Crippen LogP contribution in [0.5, 0.6) is 0 Å². The van der Waals surface area contributed by atoms with Gasteiger partial charge in [0.2, 0.25) is 0 Å². The highest BCUT2D eigenvalue weighted by molar-refractivity contribution is 6.04. The van der Waals surface area contributed by atoms with Gasteiger partial charge in [0.1, 0.15) is 0 Å². The zero-order valence-corrected chi connectivity index (χ0v) is 13.9. The molecule has 0 saturated carbocycles. The van der Waals surface area contributed by atoms with Crippen molar-refractivity contribution in [3.05, 3.63) is 48.0 Å². The number of ketones is 1. The van der Waals surface area contributed by atoms with Gasteiger partial charge in [-0.3, -0.25) is 14.5 Å². The first-order valence-electron chi connectivity index (χ1n) is 8.58. The van der Waals surface area contributed by atoms with Crippen molar-refractivity contribution >= 4 is 22.5 Å². The number of carboxylic acids is 1. The molecule has 4 heteroatoms. The van der Waals surface area contributed by atoms with E-state index in [0.717, 1.165) is 43.1 Å². The van der Waals surface area contributed by atoms with E-state index in [-0.39, 0.29) is 5.78 Å². The van der Waals surface area contributed by atoms with E-state index < -0.39 is 17.9 Å². The van der Waals surface area contributed by atoms with Crippen molar-refractivity contribution in [1.29, 1.82) is 0 Å². The van der Waals surface area contributed by atoms with E-state index >= 15 is 0 Å². The fraction of sp³-hybridized carbons (Fsp3) is 0.400. The number of carbonyl (C=O) groups excluding carboxylic acids is 1. The van der Waals surface area contributed by atoms with Crippen molar-refractivity contribution in [2.75, 3.05) is 13.1 Å². The predicted octanol–water partition coefficient (Wildman–Crippen LogP) is 3.60. The van der Waals surface area contributed by atoms with E-state index in [1.807, 2.05) is 42.5 Å². The van der Waals surface area contributed by atoms with Gasteiger partial charge in [0.05, 0.1) is 12.0 Å². The quantitative estimate of drug-likeness (QED) is 0.853. The Morgan fingerprint density at radius 2 is 1.67 bits per heavy atom. The van der Waals surface area contributed by atoms with Gasteiger partial charge in [0.25, 0.3) is 0 Å². The second-order valence-electron chi connectivity index (χ2n) is 6.59. The molecule has 4 nitrogen and oxygen atoms in total. The maximum absolute atomic E-state index is 13.1. The number of Topliss-reactive ketones (excluding diaryl/α,β-unsaturated/α-hetero) is 1. The third-order valence-corrected chi connectivity index (χ3v) is 4.95. The lowest BCUT2D eigenvalue weighted by molar-refractivity contribution is -0.143. The molecular formula is C20H23NO3. The molecule has 0 spiro atoms. The number of hydrogen-bond acceptors (Lipinski definition) is 3. The Morgan fingerprint density at radius 3 is 2.33 bits per heavy atom. The minimum absolute atomic E-state index is 0.0856. The smallest absolute Gasteiger partial charge is 0.308 e. The van der Waals surface area contributed by atoms with E-state index in [0.29, 0.717) is 5.56 Å². The van der Waals surface area contributed by atoms with Crippen molar-refractivity contribution in [2.45, 2.75) is 32.2 Å². The van der Waals surface area contributed by atoms with Gasteiger partial charge in [-0.05, 0) is 49.7 Å². The van der Waals surface area contributed by atoms with Crippen molar-refractivity contribution in [2.24, 2.45) is 5.92 Å². The maximum Gasteiger partial charge on any atom is 0.308 e. The lowest BCUT2D eigenvalue weighted by atomic mass is 9.90. The fourth-order valence-electron chi connectivity index (χ4n) is 3.55. The van der Waals surface area contributed by atoms with Gasteiger partial charge in [0.15, 0.2) is 5.78 Å². The van der Waals surface area contributed by atoms with E-state index in [9.17, 15) is 14.7 Å². The van der Waals surface area contributed by atoms with Crippen LogP contribution >= 0.6 is 0 Å². The third-order valence-electron chi connectivity index (χ3n) is 4.95. The second kappa shape index (κ2) is 7.14. The average Bonchev–Trinajstić information content (AvgIpc) is 2.62. The number of rotatable bonds is 5. The van der Waals surface area contributed by atoms with Gasteiger partial charge < -0.3 is 5.11 Å². The molecule has 3 rings (SSSR count). The number of fused-ring (bicyclic) bond motifs is 1. The number of aliphatic carboxylic acids is 1. The Bertz CT molecular complexity index is 749. The van der Waals surface area contributed by atoms with Crippen LogP contribution < -0.4 is 0 Å². The molecule has 1 aliphatic rings. The van der Waals surface area contributed by atoms with Crippen LogP contribution in [0.25, 0.3) is 10.8 Å². The van der Waals surface area contributed by atoms with Crippen molar-refractivity contribution in [3.63, 3.8) is 0 Å². The molecular weight excluding hydrogens is 302 g/mol. The van der Waals surface area contributed by atoms with Crippen LogP contribution in [0.4, 0.5) is 0 Å². The summed E-state index contributed by atoms with van der Waals surface area (Å²) < 4.78 is 0. The highest BCUT2D eigenvalue weighted by Gasteiger charge is 2.36. The molecule has 0 bridgehead atoms. The number of carboxylic acid groups (broad SMARTS) is 1. The molecule has 1 N–H and O–H groups in total. The Kier molecular flexibility index (Phi) is 4.95. The number of benzene rings is 2. The van der Waals surface area contributed by atoms with Crippen LogP contribution in [0, 0.1) is 5.92 Å². The first kappa shape index (κ1) is 16.7. The monoisotopic (exact) mass is 325 g/mol. The molecule has 2 aromatic rings. The van der Waals surface area contributed by atoms with Crippen molar-refractivity contribution in [1.82, 2.24) is 4.90 Å². The summed E-state index contributed by atoms with van der Waals surface area (Å²) in [6.07, 6.45) is 3.19. The molecule has 0 aromatic heterocycles. The predicted molar refractivity (Wildman–Crippen MR) is 94.3 cm³/mol. The SMILES string of the molecule is CC(C(=O)O)C(C(=O)c1ccc2ccccc2c1)N1CCCCC1. The van der Waals surface area contributed by atoms with E-state index in [1.165, 1.54) is 0 Å². The van der Waals surface area contributed by atoms with Gasteiger partial charge in [-0.2, -0.15) is 0 Å². The second-order valence-corrected chi connectivity index (χ2v) is 6.59. The molecule has 1 heterocycles. The molecule has 1 fully saturated rings. The molecule has 24 heavy (non-hydrogen) atoms. The summed E-state index contributed by atoms with van der Waals surface area (Å²) in [5.74, 6) is -1.72. The zero-order chi connectivity index (χ0) is 17.1. The summed E-state index contributed by atoms with van der Waals surface area (Å²) >= 11 is 0. The van der Waals surface area contributed by atoms with E-state index in [1.54, 1.807) is 6.92 Å². The van der Waals surface area contributed by atoms with Crippen LogP contribution in [0.3, 0.4) is 0 Å². The highest BCUT2D eigenvalue weighted by atomic mass is 16.4. The normalized spacial score (nSPS) is 18.2. The van der Waals surface area contributed by atoms with Gasteiger partial charge in [-0.25, -0.2) is 0 Å². The molecule has 126 valence electrons. The number of likely N-dealkylation sites (tertiary alicyclic amines) is 1. The van der Waals surface area contributed by atoms with Gasteiger partial charge in [-0.1, -0.05) is 42.8 Å². The van der Waals surface area contributed by atoms with Gasteiger partial charge in [0, 0.05) is 5.56 Å². The largest absolute Gasteiger partial charge is 0.481 e. The summed E-state index contributed by atoms with van der Waals surface area (Å²) in [6, 6.07) is 12.9. The highest BCUT2D eigenvalue weighted by Crippen LogP contribution is 2.24. The van der Waals surface area contributed by atoms with Crippen molar-refractivity contribution < 1.29 is 14.7 Å².